The van der Waals surface area contributed by atoms with E-state index in [4.69, 9.17) is 0 Å². The largest absolute Gasteiger partial charge is 0.360 e. The molecule has 0 saturated carbocycles. The minimum Gasteiger partial charge on any atom is -0.360 e. The Hall–Kier alpha value is -2.18. The van der Waals surface area contributed by atoms with Gasteiger partial charge in [0.15, 0.2) is 5.78 Å². The van der Waals surface area contributed by atoms with Crippen molar-refractivity contribution in [3.63, 3.8) is 0 Å². The molecule has 2 aromatic rings. The van der Waals surface area contributed by atoms with E-state index in [0.29, 0.717) is 6.54 Å². The molecule has 0 aliphatic carbocycles. The third kappa shape index (κ3) is 3.77. The molecule has 4 rings (SSSR count). The van der Waals surface area contributed by atoms with Gasteiger partial charge in [0, 0.05) is 61.9 Å². The lowest BCUT2D eigenvalue weighted by Crippen LogP contribution is -2.53. The van der Waals surface area contributed by atoms with Gasteiger partial charge in [-0.1, -0.05) is 18.2 Å². The molecular formula is C21H28N4O2. The Morgan fingerprint density at radius 2 is 1.74 bits per heavy atom. The molecule has 27 heavy (non-hydrogen) atoms. The summed E-state index contributed by atoms with van der Waals surface area (Å²) in [5, 5.41) is 0.990. The monoisotopic (exact) mass is 368 g/mol. The van der Waals surface area contributed by atoms with Gasteiger partial charge in [-0.2, -0.15) is 0 Å². The van der Waals surface area contributed by atoms with E-state index in [9.17, 15) is 9.59 Å². The average Bonchev–Trinajstić information content (AvgIpc) is 3.37. The Kier molecular flexibility index (Phi) is 5.27. The lowest BCUT2D eigenvalue weighted by molar-refractivity contribution is -0.131. The number of para-hydroxylation sites is 1. The molecule has 1 aromatic carbocycles. The van der Waals surface area contributed by atoms with Crippen LogP contribution in [0.1, 0.15) is 30.1 Å². The van der Waals surface area contributed by atoms with Crippen LogP contribution < -0.4 is 0 Å². The summed E-state index contributed by atoms with van der Waals surface area (Å²) in [6.07, 6.45) is 4.09. The summed E-state index contributed by atoms with van der Waals surface area (Å²) < 4.78 is 0. The zero-order valence-corrected chi connectivity index (χ0v) is 16.0. The van der Waals surface area contributed by atoms with Gasteiger partial charge in [-0.15, -0.1) is 0 Å². The van der Waals surface area contributed by atoms with Crippen molar-refractivity contribution >= 4 is 22.6 Å². The lowest BCUT2D eigenvalue weighted by Gasteiger charge is -2.37. The van der Waals surface area contributed by atoms with Crippen LogP contribution in [-0.4, -0.2) is 83.2 Å². The van der Waals surface area contributed by atoms with Gasteiger partial charge in [0.1, 0.15) is 0 Å². The molecule has 1 N–H and O–H groups in total. The maximum atomic E-state index is 13.0. The molecule has 0 radical (unpaired) electrons. The Bertz CT molecular complexity index is 816. The highest BCUT2D eigenvalue weighted by Gasteiger charge is 2.29. The van der Waals surface area contributed by atoms with E-state index in [-0.39, 0.29) is 17.7 Å². The number of hydrogen-bond donors (Lipinski definition) is 1. The summed E-state index contributed by atoms with van der Waals surface area (Å²) in [6, 6.07) is 7.77. The molecule has 2 saturated heterocycles. The number of rotatable bonds is 5. The quantitative estimate of drug-likeness (QED) is 0.820. The fourth-order valence-corrected chi connectivity index (χ4v) is 4.23. The van der Waals surface area contributed by atoms with Gasteiger partial charge in [0.2, 0.25) is 5.91 Å². The molecule has 1 atom stereocenters. The zero-order chi connectivity index (χ0) is 18.8. The van der Waals surface area contributed by atoms with Crippen molar-refractivity contribution in [1.82, 2.24) is 19.7 Å². The first-order valence-electron chi connectivity index (χ1n) is 9.98. The second kappa shape index (κ2) is 7.82. The minimum absolute atomic E-state index is 0.152. The van der Waals surface area contributed by atoms with Gasteiger partial charge < -0.3 is 9.88 Å². The van der Waals surface area contributed by atoms with Crippen molar-refractivity contribution in [1.29, 1.82) is 0 Å². The van der Waals surface area contributed by atoms with Crippen LogP contribution in [0.5, 0.6) is 0 Å². The number of carbonyl (C=O) groups excluding carboxylic acids is 2. The topological polar surface area (TPSA) is 59.7 Å². The van der Waals surface area contributed by atoms with E-state index in [1.165, 1.54) is 0 Å². The van der Waals surface area contributed by atoms with Gasteiger partial charge in [0.05, 0.1) is 12.6 Å². The lowest BCUT2D eigenvalue weighted by atomic mass is 10.0. The molecule has 2 aliphatic heterocycles. The van der Waals surface area contributed by atoms with E-state index in [1.807, 2.05) is 42.3 Å². The molecular weight excluding hydrogens is 340 g/mol. The Balaban J connectivity index is 1.33. The molecule has 144 valence electrons. The van der Waals surface area contributed by atoms with Crippen LogP contribution in [0.25, 0.3) is 10.9 Å². The van der Waals surface area contributed by atoms with Gasteiger partial charge >= 0.3 is 0 Å². The molecule has 2 aliphatic rings. The normalized spacial score (nSPS) is 20.3. The number of Topliss-reactive ketones (excluding diaryl/α,β-unsaturated/α-hetero) is 1. The number of nitrogens with one attached hydrogen (secondary N) is 1. The Morgan fingerprint density at radius 3 is 2.48 bits per heavy atom. The average molecular weight is 368 g/mol. The second-order valence-electron chi connectivity index (χ2n) is 7.69. The predicted molar refractivity (Wildman–Crippen MR) is 106 cm³/mol. The number of amides is 1. The number of hydrogen-bond acceptors (Lipinski definition) is 4. The number of aromatic amines is 1. The van der Waals surface area contributed by atoms with Crippen LogP contribution in [0.3, 0.4) is 0 Å². The summed E-state index contributed by atoms with van der Waals surface area (Å²) >= 11 is 0. The molecule has 1 aromatic heterocycles. The van der Waals surface area contributed by atoms with E-state index in [0.717, 1.165) is 68.6 Å². The number of carbonyl (C=O) groups is 2. The van der Waals surface area contributed by atoms with E-state index < -0.39 is 0 Å². The summed E-state index contributed by atoms with van der Waals surface area (Å²) in [5.74, 6) is 0.415. The molecule has 0 spiro atoms. The molecule has 3 heterocycles. The van der Waals surface area contributed by atoms with Crippen molar-refractivity contribution in [2.24, 2.45) is 0 Å². The molecule has 2 fully saturated rings. The third-order valence-corrected chi connectivity index (χ3v) is 6.01. The van der Waals surface area contributed by atoms with Crippen molar-refractivity contribution in [3.05, 3.63) is 36.0 Å². The zero-order valence-electron chi connectivity index (χ0n) is 16.0. The van der Waals surface area contributed by atoms with Crippen LogP contribution in [-0.2, 0) is 4.79 Å². The number of H-pyrrole nitrogens is 1. The predicted octanol–water partition coefficient (Wildman–Crippen LogP) is 1.98. The maximum Gasteiger partial charge on any atom is 0.236 e. The fraction of sp³-hybridized carbons (Fsp3) is 0.524. The molecule has 6 nitrogen and oxygen atoms in total. The number of aromatic nitrogens is 1. The van der Waals surface area contributed by atoms with Crippen molar-refractivity contribution in [2.45, 2.75) is 25.8 Å². The first-order valence-corrected chi connectivity index (χ1v) is 9.98. The first-order chi connectivity index (χ1) is 13.1. The van der Waals surface area contributed by atoms with Crippen molar-refractivity contribution in [3.8, 4) is 0 Å². The van der Waals surface area contributed by atoms with Gasteiger partial charge in [-0.3, -0.25) is 19.4 Å². The fourth-order valence-electron chi connectivity index (χ4n) is 4.23. The standard InChI is InChI=1S/C21H28N4O2/c1-16(21(27)18-14-22-19-7-3-2-6-17(18)19)24-12-10-23(11-13-24)15-20(26)25-8-4-5-9-25/h2-3,6-7,14,16,22H,4-5,8-13,15H2,1H3/t16-/m1/s1. The van der Waals surface area contributed by atoms with Crippen molar-refractivity contribution in [2.75, 3.05) is 45.8 Å². The summed E-state index contributed by atoms with van der Waals surface area (Å²) in [5.41, 5.74) is 1.77. The molecule has 0 unspecified atom stereocenters. The van der Waals surface area contributed by atoms with Crippen LogP contribution in [0.2, 0.25) is 0 Å². The number of piperazine rings is 1. The Morgan fingerprint density at radius 1 is 1.04 bits per heavy atom. The maximum absolute atomic E-state index is 13.0. The third-order valence-electron chi connectivity index (χ3n) is 6.01. The highest BCUT2D eigenvalue weighted by molar-refractivity contribution is 6.10. The molecule has 6 heteroatoms. The van der Waals surface area contributed by atoms with Crippen LogP contribution in [0.15, 0.2) is 30.5 Å². The first kappa shape index (κ1) is 18.2. The second-order valence-corrected chi connectivity index (χ2v) is 7.69. The van der Waals surface area contributed by atoms with Crippen molar-refractivity contribution < 1.29 is 9.59 Å². The van der Waals surface area contributed by atoms with Crippen LogP contribution in [0, 0.1) is 0 Å². The summed E-state index contributed by atoms with van der Waals surface area (Å²) in [4.78, 5) is 35.0. The Labute approximate surface area is 160 Å². The highest BCUT2D eigenvalue weighted by atomic mass is 16.2. The smallest absolute Gasteiger partial charge is 0.236 e. The molecule has 0 bridgehead atoms. The van der Waals surface area contributed by atoms with E-state index >= 15 is 0 Å². The summed E-state index contributed by atoms with van der Waals surface area (Å²) in [7, 11) is 0. The SMILES string of the molecule is C[C@H](C(=O)c1c[nH]c2ccccc12)N1CCN(CC(=O)N2CCCC2)CC1. The number of benzene rings is 1. The number of fused-ring (bicyclic) bond motifs is 1. The highest BCUT2D eigenvalue weighted by Crippen LogP contribution is 2.21. The van der Waals surface area contributed by atoms with Gasteiger partial charge in [0.25, 0.3) is 0 Å². The van der Waals surface area contributed by atoms with Crippen LogP contribution in [0.4, 0.5) is 0 Å². The van der Waals surface area contributed by atoms with E-state index in [1.54, 1.807) is 0 Å². The number of nitrogens with zero attached hydrogens (tertiary/aromatic N) is 3. The van der Waals surface area contributed by atoms with E-state index in [2.05, 4.69) is 14.8 Å². The minimum atomic E-state index is -0.152. The van der Waals surface area contributed by atoms with Crippen LogP contribution >= 0.6 is 0 Å². The van der Waals surface area contributed by atoms with Gasteiger partial charge in [-0.05, 0) is 25.8 Å². The van der Waals surface area contributed by atoms with Gasteiger partial charge in [-0.25, -0.2) is 0 Å². The summed E-state index contributed by atoms with van der Waals surface area (Å²) in [6.45, 7) is 7.65. The number of likely N-dealkylation sites (tertiary alicyclic amines) is 1. The molecule has 1 amide bonds. The number of ketones is 1.